The van der Waals surface area contributed by atoms with Crippen LogP contribution in [0.15, 0.2) is 54.1 Å². The quantitative estimate of drug-likeness (QED) is 0.504. The number of nitrogens with zero attached hydrogens (tertiary/aromatic N) is 2. The summed E-state index contributed by atoms with van der Waals surface area (Å²) in [5.41, 5.74) is 2.39. The van der Waals surface area contributed by atoms with Crippen molar-refractivity contribution in [3.63, 3.8) is 0 Å². The van der Waals surface area contributed by atoms with Crippen molar-refractivity contribution in [2.75, 3.05) is 36.5 Å². The van der Waals surface area contributed by atoms with E-state index in [-0.39, 0.29) is 11.3 Å². The van der Waals surface area contributed by atoms with Gasteiger partial charge >= 0.3 is 0 Å². The number of nitrogens with one attached hydrogen (secondary N) is 1. The van der Waals surface area contributed by atoms with Crippen LogP contribution >= 0.6 is 0 Å². The molecule has 3 rings (SSSR count). The maximum atomic E-state index is 12.3. The monoisotopic (exact) mass is 349 g/mol. The Morgan fingerprint density at radius 3 is 2.38 bits per heavy atom. The van der Waals surface area contributed by atoms with Gasteiger partial charge in [-0.05, 0) is 48.0 Å². The Labute approximate surface area is 151 Å². The highest BCUT2D eigenvalue weighted by Crippen LogP contribution is 2.19. The lowest BCUT2D eigenvalue weighted by molar-refractivity contribution is -0.112. The van der Waals surface area contributed by atoms with E-state index in [1.165, 1.54) is 12.1 Å². The maximum Gasteiger partial charge on any atom is 0.266 e. The summed E-state index contributed by atoms with van der Waals surface area (Å²) in [6, 6.07) is 15.7. The van der Waals surface area contributed by atoms with Gasteiger partial charge < -0.3 is 20.1 Å². The SMILES string of the molecule is N#C/C(=C\c1ccc(N2CCOCC2)cc1)C(=O)Nc1ccc(O)cc1. The van der Waals surface area contributed by atoms with Gasteiger partial charge in [0, 0.05) is 24.5 Å². The predicted molar refractivity (Wildman–Crippen MR) is 99.8 cm³/mol. The van der Waals surface area contributed by atoms with E-state index in [4.69, 9.17) is 4.74 Å². The third kappa shape index (κ3) is 4.41. The lowest BCUT2D eigenvalue weighted by atomic mass is 10.1. The van der Waals surface area contributed by atoms with Gasteiger partial charge in [-0.15, -0.1) is 0 Å². The van der Waals surface area contributed by atoms with Crippen LogP contribution in [-0.2, 0) is 9.53 Å². The fourth-order valence-electron chi connectivity index (χ4n) is 2.66. The molecule has 1 fully saturated rings. The first-order valence-electron chi connectivity index (χ1n) is 8.30. The molecule has 2 aromatic rings. The molecule has 0 saturated carbocycles. The van der Waals surface area contributed by atoms with Gasteiger partial charge in [-0.25, -0.2) is 0 Å². The smallest absolute Gasteiger partial charge is 0.266 e. The molecule has 0 unspecified atom stereocenters. The number of nitriles is 1. The van der Waals surface area contributed by atoms with Crippen LogP contribution in [0.2, 0.25) is 0 Å². The van der Waals surface area contributed by atoms with Crippen molar-refractivity contribution in [1.29, 1.82) is 5.26 Å². The molecule has 1 aliphatic heterocycles. The van der Waals surface area contributed by atoms with Gasteiger partial charge in [0.1, 0.15) is 17.4 Å². The number of ether oxygens (including phenoxy) is 1. The van der Waals surface area contributed by atoms with Crippen molar-refractivity contribution in [2.45, 2.75) is 0 Å². The minimum Gasteiger partial charge on any atom is -0.508 e. The van der Waals surface area contributed by atoms with Crippen LogP contribution in [0.25, 0.3) is 6.08 Å². The average molecular weight is 349 g/mol. The highest BCUT2D eigenvalue weighted by Gasteiger charge is 2.12. The van der Waals surface area contributed by atoms with E-state index in [2.05, 4.69) is 10.2 Å². The van der Waals surface area contributed by atoms with Crippen molar-refractivity contribution in [3.8, 4) is 11.8 Å². The summed E-state index contributed by atoms with van der Waals surface area (Å²) >= 11 is 0. The molecule has 0 aromatic heterocycles. The molecular formula is C20H19N3O3. The van der Waals surface area contributed by atoms with Gasteiger partial charge in [-0.1, -0.05) is 12.1 Å². The summed E-state index contributed by atoms with van der Waals surface area (Å²) in [7, 11) is 0. The molecule has 0 atom stereocenters. The first-order valence-corrected chi connectivity index (χ1v) is 8.30. The number of carbonyl (C=O) groups is 1. The minimum absolute atomic E-state index is 0.0113. The summed E-state index contributed by atoms with van der Waals surface area (Å²) in [6.45, 7) is 3.15. The number of phenolic OH excluding ortho intramolecular Hbond substituents is 1. The molecule has 2 N–H and O–H groups in total. The molecule has 0 radical (unpaired) electrons. The number of hydrogen-bond acceptors (Lipinski definition) is 5. The molecule has 1 aliphatic rings. The summed E-state index contributed by atoms with van der Waals surface area (Å²) in [4.78, 5) is 14.5. The Bertz CT molecular complexity index is 830. The number of morpholine rings is 1. The van der Waals surface area contributed by atoms with Gasteiger partial charge in [-0.3, -0.25) is 4.79 Å². The van der Waals surface area contributed by atoms with E-state index < -0.39 is 5.91 Å². The van der Waals surface area contributed by atoms with Crippen molar-refractivity contribution < 1.29 is 14.6 Å². The van der Waals surface area contributed by atoms with Crippen LogP contribution in [0.1, 0.15) is 5.56 Å². The second-order valence-electron chi connectivity index (χ2n) is 5.86. The zero-order valence-corrected chi connectivity index (χ0v) is 14.2. The van der Waals surface area contributed by atoms with E-state index >= 15 is 0 Å². The Hall–Kier alpha value is -3.30. The maximum absolute atomic E-state index is 12.3. The van der Waals surface area contributed by atoms with Crippen molar-refractivity contribution in [2.24, 2.45) is 0 Å². The number of carbonyl (C=O) groups excluding carboxylic acids is 1. The minimum atomic E-state index is -0.490. The number of phenols is 1. The highest BCUT2D eigenvalue weighted by atomic mass is 16.5. The first kappa shape index (κ1) is 17.5. The molecule has 6 nitrogen and oxygen atoms in total. The Kier molecular flexibility index (Phi) is 5.52. The van der Waals surface area contributed by atoms with E-state index in [9.17, 15) is 15.2 Å². The largest absolute Gasteiger partial charge is 0.508 e. The lowest BCUT2D eigenvalue weighted by Crippen LogP contribution is -2.36. The zero-order chi connectivity index (χ0) is 18.4. The number of amides is 1. The van der Waals surface area contributed by atoms with Gasteiger partial charge in [0.25, 0.3) is 5.91 Å². The molecular weight excluding hydrogens is 330 g/mol. The summed E-state index contributed by atoms with van der Waals surface area (Å²) < 4.78 is 5.35. The topological polar surface area (TPSA) is 85.6 Å². The standard InChI is InChI=1S/C20H19N3O3/c21-14-16(20(25)22-17-3-7-19(24)8-4-17)13-15-1-5-18(6-2-15)23-9-11-26-12-10-23/h1-8,13,24H,9-12H2,(H,22,25)/b16-13+. The first-order chi connectivity index (χ1) is 12.7. The number of benzene rings is 2. The molecule has 0 bridgehead atoms. The van der Waals surface area contributed by atoms with Crippen LogP contribution in [0.4, 0.5) is 11.4 Å². The molecule has 26 heavy (non-hydrogen) atoms. The fraction of sp³-hybridized carbons (Fsp3) is 0.200. The zero-order valence-electron chi connectivity index (χ0n) is 14.2. The van der Waals surface area contributed by atoms with Crippen LogP contribution in [0.5, 0.6) is 5.75 Å². The van der Waals surface area contributed by atoms with Crippen molar-refractivity contribution in [3.05, 3.63) is 59.7 Å². The van der Waals surface area contributed by atoms with Crippen molar-refractivity contribution in [1.82, 2.24) is 0 Å². The Morgan fingerprint density at radius 2 is 1.77 bits per heavy atom. The second-order valence-corrected chi connectivity index (χ2v) is 5.86. The average Bonchev–Trinajstić information content (AvgIpc) is 2.69. The lowest BCUT2D eigenvalue weighted by Gasteiger charge is -2.28. The van der Waals surface area contributed by atoms with E-state index in [1.807, 2.05) is 30.3 Å². The van der Waals surface area contributed by atoms with Crippen LogP contribution in [0.3, 0.4) is 0 Å². The molecule has 6 heteroatoms. The fourth-order valence-corrected chi connectivity index (χ4v) is 2.66. The number of aromatic hydroxyl groups is 1. The normalized spacial score (nSPS) is 14.6. The Morgan fingerprint density at radius 1 is 1.12 bits per heavy atom. The Balaban J connectivity index is 1.70. The van der Waals surface area contributed by atoms with E-state index in [0.29, 0.717) is 5.69 Å². The summed E-state index contributed by atoms with van der Waals surface area (Å²) in [5, 5.41) is 21.2. The van der Waals surface area contributed by atoms with E-state index in [1.54, 1.807) is 18.2 Å². The molecule has 0 spiro atoms. The predicted octanol–water partition coefficient (Wildman–Crippen LogP) is 2.77. The third-order valence-electron chi connectivity index (χ3n) is 4.07. The molecule has 132 valence electrons. The van der Waals surface area contributed by atoms with Gasteiger partial charge in [0.2, 0.25) is 0 Å². The summed E-state index contributed by atoms with van der Waals surface area (Å²) in [6.07, 6.45) is 1.55. The van der Waals surface area contributed by atoms with Gasteiger partial charge in [-0.2, -0.15) is 5.26 Å². The van der Waals surface area contributed by atoms with Crippen LogP contribution in [0, 0.1) is 11.3 Å². The number of anilines is 2. The van der Waals surface area contributed by atoms with E-state index in [0.717, 1.165) is 37.6 Å². The molecule has 2 aromatic carbocycles. The molecule has 0 aliphatic carbocycles. The third-order valence-corrected chi connectivity index (χ3v) is 4.07. The van der Waals surface area contributed by atoms with Crippen LogP contribution < -0.4 is 10.2 Å². The van der Waals surface area contributed by atoms with Crippen molar-refractivity contribution >= 4 is 23.4 Å². The summed E-state index contributed by atoms with van der Waals surface area (Å²) in [5.74, 6) is -0.380. The highest BCUT2D eigenvalue weighted by molar-refractivity contribution is 6.09. The van der Waals surface area contributed by atoms with Gasteiger partial charge in [0.15, 0.2) is 0 Å². The molecule has 1 amide bonds. The molecule has 1 heterocycles. The number of rotatable bonds is 4. The van der Waals surface area contributed by atoms with Gasteiger partial charge in [0.05, 0.1) is 13.2 Å². The van der Waals surface area contributed by atoms with Crippen LogP contribution in [-0.4, -0.2) is 37.3 Å². The second kappa shape index (κ2) is 8.19. The molecule has 1 saturated heterocycles. The number of hydrogen-bond donors (Lipinski definition) is 2.